The fourth-order valence-electron chi connectivity index (χ4n) is 4.67. The minimum absolute atomic E-state index is 0.0765. The number of nitrogens with zero attached hydrogens (tertiary/aromatic N) is 3. The second-order valence-electron chi connectivity index (χ2n) is 9.22. The Morgan fingerprint density at radius 3 is 2.52 bits per heavy atom. The van der Waals surface area contributed by atoms with Gasteiger partial charge in [0.1, 0.15) is 5.01 Å². The highest BCUT2D eigenvalue weighted by molar-refractivity contribution is 7.13. The molecular formula is C24H32N4O2S. The molecule has 0 saturated carbocycles. The number of carbonyl (C=O) groups is 2. The smallest absolute Gasteiger partial charge is 0.254 e. The number of aromatic nitrogens is 1. The Hall–Kier alpha value is -2.25. The molecule has 6 nitrogen and oxygen atoms in total. The highest BCUT2D eigenvalue weighted by Crippen LogP contribution is 2.30. The zero-order valence-electron chi connectivity index (χ0n) is 18.7. The molecule has 0 spiro atoms. The van der Waals surface area contributed by atoms with Crippen molar-refractivity contribution in [3.63, 3.8) is 0 Å². The number of likely N-dealkylation sites (tertiary alicyclic amines) is 2. The number of hydrogen-bond donors (Lipinski definition) is 1. The highest BCUT2D eigenvalue weighted by Gasteiger charge is 2.31. The van der Waals surface area contributed by atoms with Gasteiger partial charge in [0.15, 0.2) is 0 Å². The number of benzene rings is 1. The molecule has 0 aliphatic carbocycles. The Morgan fingerprint density at radius 1 is 1.13 bits per heavy atom. The largest absolute Gasteiger partial charge is 0.346 e. The Kier molecular flexibility index (Phi) is 6.44. The second kappa shape index (κ2) is 9.09. The lowest BCUT2D eigenvalue weighted by molar-refractivity contribution is -0.120. The summed E-state index contributed by atoms with van der Waals surface area (Å²) in [6.45, 7) is 9.61. The number of carbonyl (C=O) groups excluding carboxylic acids is 2. The summed E-state index contributed by atoms with van der Waals surface area (Å²) in [5, 5.41) is 5.81. The Morgan fingerprint density at radius 2 is 1.84 bits per heavy atom. The molecule has 166 valence electrons. The molecule has 4 rings (SSSR count). The van der Waals surface area contributed by atoms with Crippen molar-refractivity contribution < 1.29 is 9.59 Å². The van der Waals surface area contributed by atoms with Gasteiger partial charge in [0.25, 0.3) is 5.91 Å². The lowest BCUT2D eigenvalue weighted by atomic mass is 10.0. The van der Waals surface area contributed by atoms with Gasteiger partial charge in [-0.05, 0) is 64.8 Å². The fraction of sp³-hybridized carbons (Fsp3) is 0.542. The van der Waals surface area contributed by atoms with Crippen molar-refractivity contribution in [3.8, 4) is 10.6 Å². The topological polar surface area (TPSA) is 65.5 Å². The van der Waals surface area contributed by atoms with Gasteiger partial charge >= 0.3 is 0 Å². The van der Waals surface area contributed by atoms with E-state index in [0.717, 1.165) is 47.8 Å². The van der Waals surface area contributed by atoms with Gasteiger partial charge in [0.05, 0.1) is 11.2 Å². The normalized spacial score (nSPS) is 19.7. The molecule has 2 amide bonds. The summed E-state index contributed by atoms with van der Waals surface area (Å²) in [6, 6.07) is 8.13. The van der Waals surface area contributed by atoms with Crippen LogP contribution < -0.4 is 5.32 Å². The molecule has 0 radical (unpaired) electrons. The molecule has 0 unspecified atom stereocenters. The fourth-order valence-corrected chi connectivity index (χ4v) is 5.67. The number of nitrogens with one attached hydrogen (secondary N) is 1. The molecule has 7 heteroatoms. The summed E-state index contributed by atoms with van der Waals surface area (Å²) in [6.07, 6.45) is 4.76. The highest BCUT2D eigenvalue weighted by atomic mass is 32.1. The first-order valence-corrected chi connectivity index (χ1v) is 12.1. The first-order valence-electron chi connectivity index (χ1n) is 11.2. The predicted molar refractivity (Wildman–Crippen MR) is 124 cm³/mol. The van der Waals surface area contributed by atoms with Crippen LogP contribution in [0.15, 0.2) is 29.6 Å². The summed E-state index contributed by atoms with van der Waals surface area (Å²) >= 11 is 1.55. The molecule has 2 fully saturated rings. The minimum atomic E-state index is -0.517. The maximum atomic E-state index is 13.2. The van der Waals surface area contributed by atoms with Gasteiger partial charge < -0.3 is 15.1 Å². The second-order valence-corrected chi connectivity index (χ2v) is 10.1. The van der Waals surface area contributed by atoms with E-state index in [1.54, 1.807) is 11.3 Å². The van der Waals surface area contributed by atoms with E-state index in [1.807, 2.05) is 43.5 Å². The predicted octanol–water partition coefficient (Wildman–Crippen LogP) is 3.88. The monoisotopic (exact) mass is 440 g/mol. The van der Waals surface area contributed by atoms with Crippen LogP contribution in [-0.4, -0.2) is 58.8 Å². The van der Waals surface area contributed by atoms with E-state index in [-0.39, 0.29) is 11.8 Å². The van der Waals surface area contributed by atoms with Gasteiger partial charge in [0, 0.05) is 42.6 Å². The molecule has 2 aliphatic rings. The quantitative estimate of drug-likeness (QED) is 0.740. The van der Waals surface area contributed by atoms with Crippen LogP contribution in [-0.2, 0) is 10.3 Å². The van der Waals surface area contributed by atoms with Gasteiger partial charge in [-0.2, -0.15) is 0 Å². The molecule has 2 aliphatic heterocycles. The number of rotatable bonds is 6. The number of amides is 2. The van der Waals surface area contributed by atoms with E-state index in [4.69, 9.17) is 4.98 Å². The SMILES string of the molecule is CC(=O)NC(C)(C)c1csc(-c2ccc(C(=O)N3CCC[C@H]3CN3CCCC3)cc2)n1. The number of hydrogen-bond acceptors (Lipinski definition) is 5. The van der Waals surface area contributed by atoms with Gasteiger partial charge in [-0.3, -0.25) is 9.59 Å². The molecule has 2 aromatic rings. The van der Waals surface area contributed by atoms with E-state index < -0.39 is 5.54 Å². The van der Waals surface area contributed by atoms with Gasteiger partial charge in [0.2, 0.25) is 5.91 Å². The Balaban J connectivity index is 1.44. The van der Waals surface area contributed by atoms with Crippen molar-refractivity contribution in [1.29, 1.82) is 0 Å². The van der Waals surface area contributed by atoms with Gasteiger partial charge in [-0.1, -0.05) is 12.1 Å². The molecule has 1 aromatic heterocycles. The molecule has 3 heterocycles. The van der Waals surface area contributed by atoms with E-state index in [0.29, 0.717) is 6.04 Å². The van der Waals surface area contributed by atoms with E-state index >= 15 is 0 Å². The molecule has 2 saturated heterocycles. The average Bonchev–Trinajstić information content (AvgIpc) is 3.49. The van der Waals surface area contributed by atoms with Crippen molar-refractivity contribution in [2.45, 2.75) is 58.0 Å². The Labute approximate surface area is 188 Å². The van der Waals surface area contributed by atoms with Crippen molar-refractivity contribution in [3.05, 3.63) is 40.9 Å². The number of thiazole rings is 1. The average molecular weight is 441 g/mol. The van der Waals surface area contributed by atoms with Crippen LogP contribution in [0.4, 0.5) is 0 Å². The maximum absolute atomic E-state index is 13.2. The summed E-state index contributed by atoms with van der Waals surface area (Å²) in [7, 11) is 0. The van der Waals surface area contributed by atoms with Crippen molar-refractivity contribution >= 4 is 23.2 Å². The van der Waals surface area contributed by atoms with Crippen molar-refractivity contribution in [2.24, 2.45) is 0 Å². The van der Waals surface area contributed by atoms with Crippen LogP contribution in [0.5, 0.6) is 0 Å². The van der Waals surface area contributed by atoms with E-state index in [1.165, 1.54) is 32.9 Å². The molecule has 0 bridgehead atoms. The zero-order valence-corrected chi connectivity index (χ0v) is 19.5. The zero-order chi connectivity index (χ0) is 22.0. The maximum Gasteiger partial charge on any atom is 0.254 e. The van der Waals surface area contributed by atoms with Gasteiger partial charge in [-0.15, -0.1) is 11.3 Å². The van der Waals surface area contributed by atoms with E-state index in [2.05, 4.69) is 15.1 Å². The minimum Gasteiger partial charge on any atom is -0.346 e. The van der Waals surface area contributed by atoms with Crippen LogP contribution >= 0.6 is 11.3 Å². The lowest BCUT2D eigenvalue weighted by Crippen LogP contribution is -2.42. The summed E-state index contributed by atoms with van der Waals surface area (Å²) in [4.78, 5) is 33.9. The third kappa shape index (κ3) is 4.99. The Bertz CT molecular complexity index is 931. The molecule has 1 atom stereocenters. The third-order valence-electron chi connectivity index (χ3n) is 6.32. The molecule has 31 heavy (non-hydrogen) atoms. The molecular weight excluding hydrogens is 408 g/mol. The summed E-state index contributed by atoms with van der Waals surface area (Å²) in [5.74, 6) is 0.0622. The third-order valence-corrected chi connectivity index (χ3v) is 7.21. The summed E-state index contributed by atoms with van der Waals surface area (Å²) < 4.78 is 0. The van der Waals surface area contributed by atoms with Crippen molar-refractivity contribution in [2.75, 3.05) is 26.2 Å². The van der Waals surface area contributed by atoms with E-state index in [9.17, 15) is 9.59 Å². The van der Waals surface area contributed by atoms with Crippen LogP contribution in [0.25, 0.3) is 10.6 Å². The summed E-state index contributed by atoms with van der Waals surface area (Å²) in [5.41, 5.74) is 2.05. The lowest BCUT2D eigenvalue weighted by Gasteiger charge is -2.28. The molecule has 1 N–H and O–H groups in total. The van der Waals surface area contributed by atoms with Crippen molar-refractivity contribution in [1.82, 2.24) is 20.1 Å². The van der Waals surface area contributed by atoms with Crippen LogP contribution in [0.3, 0.4) is 0 Å². The van der Waals surface area contributed by atoms with Crippen LogP contribution in [0, 0.1) is 0 Å². The van der Waals surface area contributed by atoms with Crippen LogP contribution in [0.2, 0.25) is 0 Å². The standard InChI is InChI=1S/C24H32N4O2S/c1-17(29)26-24(2,3)21-16-31-22(25-21)18-8-10-19(11-9-18)23(30)28-14-6-7-20(28)15-27-12-4-5-13-27/h8-11,16,20H,4-7,12-15H2,1-3H3,(H,26,29)/t20-/m0/s1. The first-order chi connectivity index (χ1) is 14.8. The van der Waals surface area contributed by atoms with Gasteiger partial charge in [-0.25, -0.2) is 4.98 Å². The first kappa shape index (κ1) is 22.0. The van der Waals surface area contributed by atoms with Crippen LogP contribution in [0.1, 0.15) is 62.5 Å². The molecule has 1 aromatic carbocycles.